The van der Waals surface area contributed by atoms with E-state index in [4.69, 9.17) is 5.26 Å². The zero-order valence-electron chi connectivity index (χ0n) is 11.0. The molecule has 0 aromatic carbocycles. The standard InChI is InChI=1S/C12H17N3OS2/c1-8(2)12(4,7-13)15-10(16)6-18-11-14-9(3)5-17-11/h5,8H,6H2,1-4H3,(H,15,16). The molecule has 1 unspecified atom stereocenters. The van der Waals surface area contributed by atoms with Crippen molar-refractivity contribution in [1.82, 2.24) is 10.3 Å². The van der Waals surface area contributed by atoms with Crippen LogP contribution < -0.4 is 5.32 Å². The number of nitriles is 1. The van der Waals surface area contributed by atoms with Crippen LogP contribution in [0.25, 0.3) is 0 Å². The molecular weight excluding hydrogens is 266 g/mol. The first kappa shape index (κ1) is 15.0. The highest BCUT2D eigenvalue weighted by atomic mass is 32.2. The number of nitrogens with zero attached hydrogens (tertiary/aromatic N) is 2. The van der Waals surface area contributed by atoms with Crippen molar-refractivity contribution in [3.63, 3.8) is 0 Å². The van der Waals surface area contributed by atoms with Gasteiger partial charge in [0.15, 0.2) is 4.34 Å². The van der Waals surface area contributed by atoms with E-state index in [1.807, 2.05) is 26.2 Å². The molecule has 0 bridgehead atoms. The first-order chi connectivity index (χ1) is 8.37. The molecule has 1 N–H and O–H groups in total. The van der Waals surface area contributed by atoms with E-state index in [-0.39, 0.29) is 17.6 Å². The molecular formula is C12H17N3OS2. The largest absolute Gasteiger partial charge is 0.337 e. The Bertz CT molecular complexity index is 464. The lowest BCUT2D eigenvalue weighted by Crippen LogP contribution is -2.49. The highest BCUT2D eigenvalue weighted by Gasteiger charge is 2.29. The van der Waals surface area contributed by atoms with Gasteiger partial charge >= 0.3 is 0 Å². The van der Waals surface area contributed by atoms with Gasteiger partial charge in [-0.05, 0) is 19.8 Å². The van der Waals surface area contributed by atoms with E-state index in [9.17, 15) is 4.79 Å². The summed E-state index contributed by atoms with van der Waals surface area (Å²) in [5.74, 6) is 0.223. The lowest BCUT2D eigenvalue weighted by molar-refractivity contribution is -0.120. The number of aryl methyl sites for hydroxylation is 1. The summed E-state index contributed by atoms with van der Waals surface area (Å²) in [5.41, 5.74) is 0.156. The minimum Gasteiger partial charge on any atom is -0.337 e. The molecule has 0 fully saturated rings. The molecule has 18 heavy (non-hydrogen) atoms. The molecule has 0 aliphatic heterocycles. The third-order valence-electron chi connectivity index (χ3n) is 2.71. The lowest BCUT2D eigenvalue weighted by atomic mass is 9.90. The van der Waals surface area contributed by atoms with Gasteiger partial charge in [0.1, 0.15) is 5.54 Å². The summed E-state index contributed by atoms with van der Waals surface area (Å²) in [4.78, 5) is 16.1. The summed E-state index contributed by atoms with van der Waals surface area (Å²) in [6.07, 6.45) is 0. The first-order valence-corrected chi connectivity index (χ1v) is 7.51. The molecule has 0 saturated carbocycles. The number of hydrogen-bond donors (Lipinski definition) is 1. The van der Waals surface area contributed by atoms with Crippen molar-refractivity contribution in [2.75, 3.05) is 5.75 Å². The summed E-state index contributed by atoms with van der Waals surface area (Å²) in [6, 6.07) is 2.16. The smallest absolute Gasteiger partial charge is 0.231 e. The molecule has 1 aromatic heterocycles. The van der Waals surface area contributed by atoms with Crippen molar-refractivity contribution in [3.8, 4) is 6.07 Å². The van der Waals surface area contributed by atoms with Crippen molar-refractivity contribution in [1.29, 1.82) is 5.26 Å². The summed E-state index contributed by atoms with van der Waals surface area (Å²) in [6.45, 7) is 7.50. The van der Waals surface area contributed by atoms with Gasteiger partial charge in [0, 0.05) is 11.1 Å². The fourth-order valence-corrected chi connectivity index (χ4v) is 2.80. The predicted octanol–water partition coefficient (Wildman–Crippen LogP) is 2.60. The number of rotatable bonds is 5. The van der Waals surface area contributed by atoms with Crippen LogP contribution >= 0.6 is 23.1 Å². The van der Waals surface area contributed by atoms with Gasteiger partial charge in [-0.3, -0.25) is 4.79 Å². The van der Waals surface area contributed by atoms with E-state index in [0.717, 1.165) is 10.0 Å². The Hall–Kier alpha value is -1.06. The second-order valence-electron chi connectivity index (χ2n) is 4.56. The number of carbonyl (C=O) groups is 1. The van der Waals surface area contributed by atoms with Gasteiger partial charge < -0.3 is 5.32 Å². The number of carbonyl (C=O) groups excluding carboxylic acids is 1. The highest BCUT2D eigenvalue weighted by Crippen LogP contribution is 2.22. The van der Waals surface area contributed by atoms with Gasteiger partial charge in [0.2, 0.25) is 5.91 Å². The fraction of sp³-hybridized carbons (Fsp3) is 0.583. The Kier molecular flexibility index (Phi) is 5.17. The maximum atomic E-state index is 11.8. The molecule has 1 rings (SSSR count). The highest BCUT2D eigenvalue weighted by molar-refractivity contribution is 8.01. The Labute approximate surface area is 116 Å². The molecule has 0 aliphatic rings. The van der Waals surface area contributed by atoms with E-state index >= 15 is 0 Å². The van der Waals surface area contributed by atoms with Crippen LogP contribution in [0.2, 0.25) is 0 Å². The molecule has 0 radical (unpaired) electrons. The minimum atomic E-state index is -0.809. The van der Waals surface area contributed by atoms with Gasteiger partial charge in [-0.15, -0.1) is 11.3 Å². The molecule has 1 atom stereocenters. The van der Waals surface area contributed by atoms with Crippen LogP contribution in [0, 0.1) is 24.2 Å². The number of thioether (sulfide) groups is 1. The van der Waals surface area contributed by atoms with Gasteiger partial charge in [-0.2, -0.15) is 5.26 Å². The second kappa shape index (κ2) is 6.21. The molecule has 0 saturated heterocycles. The molecule has 4 nitrogen and oxygen atoms in total. The monoisotopic (exact) mass is 283 g/mol. The van der Waals surface area contributed by atoms with Gasteiger partial charge in [-0.25, -0.2) is 4.98 Å². The number of aromatic nitrogens is 1. The van der Waals surface area contributed by atoms with E-state index < -0.39 is 5.54 Å². The van der Waals surface area contributed by atoms with E-state index in [2.05, 4.69) is 16.4 Å². The van der Waals surface area contributed by atoms with E-state index in [0.29, 0.717) is 0 Å². The average molecular weight is 283 g/mol. The van der Waals surface area contributed by atoms with Crippen molar-refractivity contribution in [3.05, 3.63) is 11.1 Å². The van der Waals surface area contributed by atoms with Crippen molar-refractivity contribution in [2.24, 2.45) is 5.92 Å². The van der Waals surface area contributed by atoms with E-state index in [1.54, 1.807) is 6.92 Å². The summed E-state index contributed by atoms with van der Waals surface area (Å²) in [5, 5.41) is 13.8. The number of amides is 1. The molecule has 0 spiro atoms. The Balaban J connectivity index is 2.50. The topological polar surface area (TPSA) is 65.8 Å². The number of thiazole rings is 1. The maximum absolute atomic E-state index is 11.8. The number of nitrogens with one attached hydrogen (secondary N) is 1. The van der Waals surface area contributed by atoms with Crippen LogP contribution in [0.1, 0.15) is 26.5 Å². The minimum absolute atomic E-state index is 0.0681. The van der Waals surface area contributed by atoms with Crippen molar-refractivity contribution >= 4 is 29.0 Å². The zero-order valence-corrected chi connectivity index (χ0v) is 12.6. The third-order valence-corrected chi connectivity index (χ3v) is 4.85. The first-order valence-electron chi connectivity index (χ1n) is 5.64. The Morgan fingerprint density at radius 1 is 1.72 bits per heavy atom. The van der Waals surface area contributed by atoms with Crippen LogP contribution in [-0.4, -0.2) is 22.2 Å². The third kappa shape index (κ3) is 4.00. The van der Waals surface area contributed by atoms with Crippen LogP contribution in [0.15, 0.2) is 9.72 Å². The molecule has 0 aliphatic carbocycles. The van der Waals surface area contributed by atoms with Crippen LogP contribution in [0.3, 0.4) is 0 Å². The van der Waals surface area contributed by atoms with Gasteiger partial charge in [0.25, 0.3) is 0 Å². The van der Waals surface area contributed by atoms with Crippen LogP contribution in [0.5, 0.6) is 0 Å². The Morgan fingerprint density at radius 3 is 2.83 bits per heavy atom. The summed E-state index contributed by atoms with van der Waals surface area (Å²) < 4.78 is 0.880. The zero-order chi connectivity index (χ0) is 13.8. The second-order valence-corrected chi connectivity index (χ2v) is 6.64. The molecule has 6 heteroatoms. The quantitative estimate of drug-likeness (QED) is 0.844. The van der Waals surface area contributed by atoms with E-state index in [1.165, 1.54) is 23.1 Å². The SMILES string of the molecule is Cc1csc(SCC(=O)NC(C)(C#N)C(C)C)n1. The van der Waals surface area contributed by atoms with Crippen LogP contribution in [0.4, 0.5) is 0 Å². The fourth-order valence-electron chi connectivity index (χ4n) is 1.15. The molecule has 1 aromatic rings. The molecule has 1 amide bonds. The normalized spacial score (nSPS) is 14.0. The maximum Gasteiger partial charge on any atom is 0.231 e. The number of hydrogen-bond acceptors (Lipinski definition) is 5. The van der Waals surface area contributed by atoms with Crippen LogP contribution in [-0.2, 0) is 4.79 Å². The predicted molar refractivity (Wildman–Crippen MR) is 74.6 cm³/mol. The summed E-state index contributed by atoms with van der Waals surface area (Å²) >= 11 is 2.93. The lowest BCUT2D eigenvalue weighted by Gasteiger charge is -2.27. The van der Waals surface area contributed by atoms with Crippen molar-refractivity contribution in [2.45, 2.75) is 37.6 Å². The Morgan fingerprint density at radius 2 is 2.39 bits per heavy atom. The van der Waals surface area contributed by atoms with Gasteiger partial charge in [-0.1, -0.05) is 25.6 Å². The molecule has 1 heterocycles. The van der Waals surface area contributed by atoms with Crippen molar-refractivity contribution < 1.29 is 4.79 Å². The average Bonchev–Trinajstić information content (AvgIpc) is 2.72. The van der Waals surface area contributed by atoms with Gasteiger partial charge in [0.05, 0.1) is 11.8 Å². The summed E-state index contributed by atoms with van der Waals surface area (Å²) in [7, 11) is 0. The molecule has 98 valence electrons.